The van der Waals surface area contributed by atoms with Crippen LogP contribution in [0.1, 0.15) is 30.4 Å². The van der Waals surface area contributed by atoms with Gasteiger partial charge in [0.25, 0.3) is 5.69 Å². The predicted molar refractivity (Wildman–Crippen MR) is 97.6 cm³/mol. The Bertz CT molecular complexity index is 752. The molecule has 0 fully saturated rings. The summed E-state index contributed by atoms with van der Waals surface area (Å²) in [6, 6.07) is 4.37. The van der Waals surface area contributed by atoms with Gasteiger partial charge in [0.15, 0.2) is 0 Å². The molecule has 0 saturated carbocycles. The number of hydrogen-bond acceptors (Lipinski definition) is 4. The van der Waals surface area contributed by atoms with Crippen molar-refractivity contribution in [1.82, 2.24) is 0 Å². The van der Waals surface area contributed by atoms with Gasteiger partial charge >= 0.3 is 5.97 Å². The molecule has 0 aliphatic heterocycles. The van der Waals surface area contributed by atoms with Gasteiger partial charge in [-0.05, 0) is 29.5 Å². The second-order valence-corrected chi connectivity index (χ2v) is 6.19. The molecule has 0 heterocycles. The van der Waals surface area contributed by atoms with Gasteiger partial charge in [-0.15, -0.1) is 11.6 Å². The maximum Gasteiger partial charge on any atom is 0.310 e. The molecule has 0 bridgehead atoms. The van der Waals surface area contributed by atoms with E-state index < -0.39 is 10.3 Å². The van der Waals surface area contributed by atoms with Crippen LogP contribution in [-0.2, 0) is 16.0 Å². The second kappa shape index (κ2) is 8.62. The molecule has 0 aromatic heterocycles. The normalized spacial score (nSPS) is 17.6. The van der Waals surface area contributed by atoms with E-state index in [2.05, 4.69) is 0 Å². The number of rotatable bonds is 6. The first-order valence-electron chi connectivity index (χ1n) is 8.05. The van der Waals surface area contributed by atoms with Crippen molar-refractivity contribution in [2.45, 2.75) is 25.6 Å². The molecule has 6 heteroatoms. The van der Waals surface area contributed by atoms with Gasteiger partial charge in [0.05, 0.1) is 23.3 Å². The van der Waals surface area contributed by atoms with E-state index in [1.54, 1.807) is 13.0 Å². The molecule has 2 rings (SSSR count). The van der Waals surface area contributed by atoms with Gasteiger partial charge in [-0.1, -0.05) is 43.4 Å². The largest absolute Gasteiger partial charge is 0.466 e. The lowest BCUT2D eigenvalue weighted by Crippen LogP contribution is -2.10. The number of non-ortho nitro benzene ring substituents is 1. The van der Waals surface area contributed by atoms with E-state index in [-0.39, 0.29) is 30.6 Å². The molecule has 1 aromatic carbocycles. The first-order chi connectivity index (χ1) is 11.9. The van der Waals surface area contributed by atoms with Crippen LogP contribution in [0.25, 0.3) is 0 Å². The average Bonchev–Trinajstić information content (AvgIpc) is 2.79. The molecular formula is C19H20ClNO4. The Morgan fingerprint density at radius 2 is 2.16 bits per heavy atom. The highest BCUT2D eigenvalue weighted by molar-refractivity contribution is 6.23. The van der Waals surface area contributed by atoms with Gasteiger partial charge < -0.3 is 4.74 Å². The molecule has 0 amide bonds. The molecule has 25 heavy (non-hydrogen) atoms. The number of nitro benzene ring substituents is 1. The SMILES string of the molecule is CCOC(=O)Cc1ccc([N+](=O)[O-])cc1C(Cl)C1=CC=CC(C)C=C1. The summed E-state index contributed by atoms with van der Waals surface area (Å²) in [4.78, 5) is 22.5. The highest BCUT2D eigenvalue weighted by Crippen LogP contribution is 2.35. The van der Waals surface area contributed by atoms with Crippen LogP contribution < -0.4 is 0 Å². The summed E-state index contributed by atoms with van der Waals surface area (Å²) in [5.41, 5.74) is 1.92. The maximum absolute atomic E-state index is 11.8. The molecular weight excluding hydrogens is 342 g/mol. The molecule has 1 aliphatic carbocycles. The fourth-order valence-corrected chi connectivity index (χ4v) is 2.88. The summed E-state index contributed by atoms with van der Waals surface area (Å²) in [6.45, 7) is 4.06. The number of halogens is 1. The summed E-state index contributed by atoms with van der Waals surface area (Å²) in [7, 11) is 0. The number of benzene rings is 1. The van der Waals surface area contributed by atoms with Crippen molar-refractivity contribution in [3.05, 3.63) is 75.4 Å². The van der Waals surface area contributed by atoms with Crippen molar-refractivity contribution in [2.75, 3.05) is 6.61 Å². The first-order valence-corrected chi connectivity index (χ1v) is 8.49. The summed E-state index contributed by atoms with van der Waals surface area (Å²) in [5, 5.41) is 10.5. The van der Waals surface area contributed by atoms with E-state index in [0.717, 1.165) is 5.57 Å². The average molecular weight is 362 g/mol. The zero-order chi connectivity index (χ0) is 18.4. The van der Waals surface area contributed by atoms with E-state index >= 15 is 0 Å². The first kappa shape index (κ1) is 18.9. The minimum absolute atomic E-state index is 0.0215. The van der Waals surface area contributed by atoms with Crippen LogP contribution in [0.5, 0.6) is 0 Å². The molecule has 0 radical (unpaired) electrons. The van der Waals surface area contributed by atoms with E-state index in [9.17, 15) is 14.9 Å². The van der Waals surface area contributed by atoms with Crippen LogP contribution in [0.3, 0.4) is 0 Å². The van der Waals surface area contributed by atoms with Gasteiger partial charge in [-0.2, -0.15) is 0 Å². The molecule has 0 N–H and O–H groups in total. The maximum atomic E-state index is 11.8. The summed E-state index contributed by atoms with van der Waals surface area (Å²) in [6.07, 6.45) is 9.76. The molecule has 1 aromatic rings. The molecule has 2 unspecified atom stereocenters. The summed E-state index contributed by atoms with van der Waals surface area (Å²) >= 11 is 6.62. The molecule has 132 valence electrons. The third-order valence-corrected chi connectivity index (χ3v) is 4.33. The Kier molecular flexibility index (Phi) is 6.53. The predicted octanol–water partition coefficient (Wildman–Crippen LogP) is 4.67. The van der Waals surface area contributed by atoms with Crippen molar-refractivity contribution in [2.24, 2.45) is 5.92 Å². The standard InChI is InChI=1S/C19H20ClNO4/c1-3-25-18(22)11-15-9-10-16(21(23)24)12-17(15)19(20)14-6-4-5-13(2)7-8-14/h4-10,12-13,19H,3,11H2,1-2H3. The van der Waals surface area contributed by atoms with Crippen LogP contribution in [0.15, 0.2) is 54.2 Å². The number of nitrogens with zero attached hydrogens (tertiary/aromatic N) is 1. The lowest BCUT2D eigenvalue weighted by molar-refractivity contribution is -0.384. The van der Waals surface area contributed by atoms with Crippen molar-refractivity contribution in [3.8, 4) is 0 Å². The van der Waals surface area contributed by atoms with Crippen molar-refractivity contribution in [1.29, 1.82) is 0 Å². The Balaban J connectivity index is 2.41. The van der Waals surface area contributed by atoms with Crippen molar-refractivity contribution in [3.63, 3.8) is 0 Å². The van der Waals surface area contributed by atoms with Crippen LogP contribution in [0, 0.1) is 16.0 Å². The van der Waals surface area contributed by atoms with Crippen LogP contribution in [0.4, 0.5) is 5.69 Å². The summed E-state index contributed by atoms with van der Waals surface area (Å²) in [5.74, 6) is -0.109. The Morgan fingerprint density at radius 1 is 1.40 bits per heavy atom. The Morgan fingerprint density at radius 3 is 2.84 bits per heavy atom. The molecule has 2 atom stereocenters. The zero-order valence-electron chi connectivity index (χ0n) is 14.1. The third-order valence-electron chi connectivity index (χ3n) is 3.84. The highest BCUT2D eigenvalue weighted by Gasteiger charge is 2.21. The Hall–Kier alpha value is -2.40. The monoisotopic (exact) mass is 361 g/mol. The smallest absolute Gasteiger partial charge is 0.310 e. The highest BCUT2D eigenvalue weighted by atomic mass is 35.5. The minimum Gasteiger partial charge on any atom is -0.466 e. The fraction of sp³-hybridized carbons (Fsp3) is 0.316. The third kappa shape index (κ3) is 5.03. The molecule has 0 saturated heterocycles. The topological polar surface area (TPSA) is 69.4 Å². The van der Waals surface area contributed by atoms with E-state index in [1.165, 1.54) is 12.1 Å². The number of carbonyl (C=O) groups excluding carboxylic acids is 1. The minimum atomic E-state index is -0.601. The number of hydrogen-bond donors (Lipinski definition) is 0. The van der Waals surface area contributed by atoms with E-state index in [0.29, 0.717) is 11.1 Å². The van der Waals surface area contributed by atoms with Gasteiger partial charge in [0, 0.05) is 12.1 Å². The number of esters is 1. The zero-order valence-corrected chi connectivity index (χ0v) is 14.9. The molecule has 5 nitrogen and oxygen atoms in total. The number of carbonyl (C=O) groups is 1. The van der Waals surface area contributed by atoms with E-state index in [4.69, 9.17) is 16.3 Å². The lowest BCUT2D eigenvalue weighted by atomic mass is 9.96. The summed E-state index contributed by atoms with van der Waals surface area (Å²) < 4.78 is 4.98. The molecule has 1 aliphatic rings. The quantitative estimate of drug-likeness (QED) is 0.319. The molecule has 0 spiro atoms. The van der Waals surface area contributed by atoms with Gasteiger partial charge in [-0.3, -0.25) is 14.9 Å². The van der Waals surface area contributed by atoms with Crippen LogP contribution in [0.2, 0.25) is 0 Å². The number of alkyl halides is 1. The number of ether oxygens (including phenoxy) is 1. The van der Waals surface area contributed by atoms with E-state index in [1.807, 2.05) is 37.3 Å². The van der Waals surface area contributed by atoms with Crippen molar-refractivity contribution >= 4 is 23.3 Å². The van der Waals surface area contributed by atoms with Crippen molar-refractivity contribution < 1.29 is 14.5 Å². The second-order valence-electron chi connectivity index (χ2n) is 5.75. The van der Waals surface area contributed by atoms with Gasteiger partial charge in [-0.25, -0.2) is 0 Å². The lowest BCUT2D eigenvalue weighted by Gasteiger charge is -2.15. The van der Waals surface area contributed by atoms with Crippen LogP contribution >= 0.6 is 11.6 Å². The van der Waals surface area contributed by atoms with Crippen LogP contribution in [-0.4, -0.2) is 17.5 Å². The number of allylic oxidation sites excluding steroid dienone is 6. The Labute approximate surface area is 151 Å². The fourth-order valence-electron chi connectivity index (χ4n) is 2.53. The van der Waals surface area contributed by atoms with Gasteiger partial charge in [0.2, 0.25) is 0 Å². The number of nitro groups is 1. The van der Waals surface area contributed by atoms with Gasteiger partial charge in [0.1, 0.15) is 0 Å².